The highest BCUT2D eigenvalue weighted by Gasteiger charge is 2.37. The molecule has 0 atom stereocenters. The monoisotopic (exact) mass is 326 g/mol. The number of imide groups is 2. The molecule has 0 spiro atoms. The summed E-state index contributed by atoms with van der Waals surface area (Å²) in [7, 11) is 0. The molecule has 1 heterocycles. The second kappa shape index (κ2) is 5.96. The molecule has 24 heavy (non-hydrogen) atoms. The molecule has 1 aliphatic heterocycles. The molecule has 120 valence electrons. The van der Waals surface area contributed by atoms with Crippen LogP contribution in [0, 0.1) is 5.82 Å². The molecule has 0 aliphatic carbocycles. The fourth-order valence-electron chi connectivity index (χ4n) is 2.27. The van der Waals surface area contributed by atoms with Crippen LogP contribution in [-0.2, 0) is 9.59 Å². The van der Waals surface area contributed by atoms with Gasteiger partial charge in [-0.1, -0.05) is 24.3 Å². The number of hydrogen-bond donors (Lipinski definition) is 2. The number of phenolic OH excluding ortho intramolecular Hbond substituents is 1. The number of carbonyl (C=O) groups is 3. The maximum absolute atomic E-state index is 13.4. The first-order chi connectivity index (χ1) is 11.5. The molecule has 0 radical (unpaired) electrons. The molecule has 2 aromatic rings. The minimum absolute atomic E-state index is 0.00631. The van der Waals surface area contributed by atoms with Crippen molar-refractivity contribution >= 4 is 29.6 Å². The van der Waals surface area contributed by atoms with Crippen LogP contribution in [0.1, 0.15) is 5.56 Å². The standard InChI is InChI=1S/C17H11FN2O4/c18-11-5-3-6-12(9-11)20-16(23)13(15(22)19-17(20)24)8-10-4-1-2-7-14(10)21/h1-9,21H,(H,19,22,24)/b13-8+. The molecule has 0 bridgehead atoms. The smallest absolute Gasteiger partial charge is 0.335 e. The normalized spacial score (nSPS) is 16.5. The summed E-state index contributed by atoms with van der Waals surface area (Å²) in [6.07, 6.45) is 1.17. The second-order valence-electron chi connectivity index (χ2n) is 5.00. The van der Waals surface area contributed by atoms with E-state index in [9.17, 15) is 23.9 Å². The first kappa shape index (κ1) is 15.4. The Balaban J connectivity index is 2.05. The van der Waals surface area contributed by atoms with Gasteiger partial charge in [0.15, 0.2) is 0 Å². The fraction of sp³-hybridized carbons (Fsp3) is 0. The lowest BCUT2D eigenvalue weighted by Crippen LogP contribution is -2.54. The quantitative estimate of drug-likeness (QED) is 0.654. The number of halogens is 1. The average molecular weight is 326 g/mol. The molecular weight excluding hydrogens is 315 g/mol. The topological polar surface area (TPSA) is 86.7 Å². The Morgan fingerprint density at radius 3 is 2.50 bits per heavy atom. The van der Waals surface area contributed by atoms with Crippen LogP contribution in [0.5, 0.6) is 5.75 Å². The lowest BCUT2D eigenvalue weighted by atomic mass is 10.1. The van der Waals surface area contributed by atoms with Gasteiger partial charge in [-0.25, -0.2) is 14.1 Å². The van der Waals surface area contributed by atoms with E-state index in [2.05, 4.69) is 0 Å². The predicted molar refractivity (Wildman–Crippen MR) is 83.5 cm³/mol. The second-order valence-corrected chi connectivity index (χ2v) is 5.00. The third kappa shape index (κ3) is 2.74. The Kier molecular flexibility index (Phi) is 3.83. The Bertz CT molecular complexity index is 892. The number of anilines is 1. The minimum Gasteiger partial charge on any atom is -0.507 e. The van der Waals surface area contributed by atoms with Crippen LogP contribution in [0.2, 0.25) is 0 Å². The van der Waals surface area contributed by atoms with Gasteiger partial charge in [0.25, 0.3) is 11.8 Å². The molecule has 1 fully saturated rings. The Labute approximate surface area is 135 Å². The van der Waals surface area contributed by atoms with Crippen LogP contribution in [0.4, 0.5) is 14.9 Å². The summed E-state index contributed by atoms with van der Waals surface area (Å²) in [5.41, 5.74) is -0.113. The number of urea groups is 1. The van der Waals surface area contributed by atoms with E-state index in [0.717, 1.165) is 6.07 Å². The summed E-state index contributed by atoms with van der Waals surface area (Å²) in [6.45, 7) is 0. The van der Waals surface area contributed by atoms with Gasteiger partial charge in [0.1, 0.15) is 17.1 Å². The summed E-state index contributed by atoms with van der Waals surface area (Å²) in [5.74, 6) is -2.55. The van der Waals surface area contributed by atoms with Gasteiger partial charge in [-0.2, -0.15) is 0 Å². The Hall–Kier alpha value is -3.48. The number of nitrogens with one attached hydrogen (secondary N) is 1. The van der Waals surface area contributed by atoms with Crippen molar-refractivity contribution in [3.8, 4) is 5.75 Å². The van der Waals surface area contributed by atoms with Crippen molar-refractivity contribution < 1.29 is 23.9 Å². The maximum Gasteiger partial charge on any atom is 0.335 e. The highest BCUT2D eigenvalue weighted by molar-refractivity contribution is 6.39. The van der Waals surface area contributed by atoms with E-state index >= 15 is 0 Å². The molecule has 3 rings (SSSR count). The highest BCUT2D eigenvalue weighted by Crippen LogP contribution is 2.24. The van der Waals surface area contributed by atoms with Crippen molar-refractivity contribution in [2.75, 3.05) is 4.90 Å². The lowest BCUT2D eigenvalue weighted by molar-refractivity contribution is -0.122. The van der Waals surface area contributed by atoms with Gasteiger partial charge in [-0.3, -0.25) is 14.9 Å². The van der Waals surface area contributed by atoms with E-state index in [4.69, 9.17) is 0 Å². The molecule has 2 aromatic carbocycles. The molecule has 6 nitrogen and oxygen atoms in total. The molecular formula is C17H11FN2O4. The number of aromatic hydroxyl groups is 1. The van der Waals surface area contributed by atoms with Crippen LogP contribution in [0.3, 0.4) is 0 Å². The minimum atomic E-state index is -0.968. The number of hydrogen-bond acceptors (Lipinski definition) is 4. The molecule has 2 N–H and O–H groups in total. The van der Waals surface area contributed by atoms with Gasteiger partial charge < -0.3 is 5.11 Å². The van der Waals surface area contributed by atoms with Gasteiger partial charge in [-0.15, -0.1) is 0 Å². The van der Waals surface area contributed by atoms with Crippen molar-refractivity contribution in [3.63, 3.8) is 0 Å². The van der Waals surface area contributed by atoms with Crippen molar-refractivity contribution in [2.45, 2.75) is 0 Å². The summed E-state index contributed by atoms with van der Waals surface area (Å²) in [5, 5.41) is 11.8. The van der Waals surface area contributed by atoms with Gasteiger partial charge in [0.2, 0.25) is 0 Å². The summed E-state index contributed by atoms with van der Waals surface area (Å²) in [4.78, 5) is 37.1. The molecule has 0 unspecified atom stereocenters. The van der Waals surface area contributed by atoms with Crippen LogP contribution in [0.25, 0.3) is 6.08 Å². The van der Waals surface area contributed by atoms with Crippen molar-refractivity contribution in [3.05, 3.63) is 65.5 Å². The van der Waals surface area contributed by atoms with Crippen molar-refractivity contribution in [1.29, 1.82) is 0 Å². The number of rotatable bonds is 2. The zero-order chi connectivity index (χ0) is 17.3. The van der Waals surface area contributed by atoms with E-state index in [1.54, 1.807) is 12.1 Å². The first-order valence-corrected chi connectivity index (χ1v) is 6.92. The van der Waals surface area contributed by atoms with Crippen LogP contribution >= 0.6 is 0 Å². The van der Waals surface area contributed by atoms with Crippen LogP contribution in [0.15, 0.2) is 54.1 Å². The highest BCUT2D eigenvalue weighted by atomic mass is 19.1. The number of barbiturate groups is 1. The van der Waals surface area contributed by atoms with E-state index in [1.165, 1.54) is 36.4 Å². The Morgan fingerprint density at radius 1 is 1.04 bits per heavy atom. The van der Waals surface area contributed by atoms with Crippen molar-refractivity contribution in [2.24, 2.45) is 0 Å². The number of benzene rings is 2. The number of phenols is 1. The van der Waals surface area contributed by atoms with Crippen LogP contribution < -0.4 is 10.2 Å². The summed E-state index contributed by atoms with van der Waals surface area (Å²) < 4.78 is 13.4. The van der Waals surface area contributed by atoms with Gasteiger partial charge in [0, 0.05) is 5.56 Å². The SMILES string of the molecule is O=C1NC(=O)N(c2cccc(F)c2)C(=O)/C1=C/c1ccccc1O. The lowest BCUT2D eigenvalue weighted by Gasteiger charge is -2.26. The third-order valence-corrected chi connectivity index (χ3v) is 3.40. The number of carbonyl (C=O) groups excluding carboxylic acids is 3. The Morgan fingerprint density at radius 2 is 1.79 bits per heavy atom. The van der Waals surface area contributed by atoms with Gasteiger partial charge >= 0.3 is 6.03 Å². The number of amides is 4. The molecule has 4 amide bonds. The van der Waals surface area contributed by atoms with E-state index in [-0.39, 0.29) is 22.6 Å². The molecule has 1 saturated heterocycles. The zero-order valence-electron chi connectivity index (χ0n) is 12.2. The van der Waals surface area contributed by atoms with E-state index < -0.39 is 23.7 Å². The van der Waals surface area contributed by atoms with Gasteiger partial charge in [-0.05, 0) is 30.3 Å². The third-order valence-electron chi connectivity index (χ3n) is 3.40. The summed E-state index contributed by atoms with van der Waals surface area (Å²) >= 11 is 0. The maximum atomic E-state index is 13.4. The summed E-state index contributed by atoms with van der Waals surface area (Å²) in [6, 6.07) is 10.0. The van der Waals surface area contributed by atoms with Crippen LogP contribution in [-0.4, -0.2) is 23.0 Å². The first-order valence-electron chi connectivity index (χ1n) is 6.92. The van der Waals surface area contributed by atoms with Crippen molar-refractivity contribution in [1.82, 2.24) is 5.32 Å². The fourth-order valence-corrected chi connectivity index (χ4v) is 2.27. The number of nitrogens with zero attached hydrogens (tertiary/aromatic N) is 1. The average Bonchev–Trinajstić information content (AvgIpc) is 2.53. The van der Waals surface area contributed by atoms with E-state index in [0.29, 0.717) is 4.90 Å². The van der Waals surface area contributed by atoms with Gasteiger partial charge in [0.05, 0.1) is 5.69 Å². The molecule has 7 heteroatoms. The number of para-hydroxylation sites is 1. The molecule has 1 aliphatic rings. The zero-order valence-corrected chi connectivity index (χ0v) is 12.2. The predicted octanol–water partition coefficient (Wildman–Crippen LogP) is 2.20. The molecule has 0 saturated carbocycles. The largest absolute Gasteiger partial charge is 0.507 e. The van der Waals surface area contributed by atoms with E-state index in [1.807, 2.05) is 5.32 Å². The molecule has 0 aromatic heterocycles.